The lowest BCUT2D eigenvalue weighted by Crippen LogP contribution is -2.19. The van der Waals surface area contributed by atoms with E-state index in [4.69, 9.17) is 4.74 Å². The fourth-order valence-corrected chi connectivity index (χ4v) is 3.74. The van der Waals surface area contributed by atoms with Crippen molar-refractivity contribution in [2.75, 3.05) is 7.11 Å². The third-order valence-electron chi connectivity index (χ3n) is 3.39. The van der Waals surface area contributed by atoms with Crippen LogP contribution in [-0.4, -0.2) is 18.2 Å². The van der Waals surface area contributed by atoms with Crippen LogP contribution in [0.25, 0.3) is 6.08 Å². The van der Waals surface area contributed by atoms with Crippen molar-refractivity contribution in [1.29, 1.82) is 0 Å². The largest absolute Gasteiger partial charge is 0.496 e. The molecule has 1 heterocycles. The molecule has 3 rings (SSSR count). The van der Waals surface area contributed by atoms with Gasteiger partial charge in [-0.2, -0.15) is 0 Å². The van der Waals surface area contributed by atoms with Crippen molar-refractivity contribution >= 4 is 57.2 Å². The number of nitrogens with one attached hydrogen (secondary N) is 1. The highest BCUT2D eigenvalue weighted by Crippen LogP contribution is 2.29. The molecule has 1 amide bonds. The van der Waals surface area contributed by atoms with Crippen LogP contribution in [-0.2, 0) is 4.79 Å². The average molecular weight is 450 g/mol. The van der Waals surface area contributed by atoms with Gasteiger partial charge in [-0.3, -0.25) is 4.79 Å². The van der Waals surface area contributed by atoms with Gasteiger partial charge in [-0.05, 0) is 77.2 Å². The SMILES string of the molecule is COc1ccc(/C=C2/SC(=Nc3ccc(C)cc3)NC2=O)cc1I. The Balaban J connectivity index is 1.81. The quantitative estimate of drug-likeness (QED) is 0.554. The van der Waals surface area contributed by atoms with E-state index in [9.17, 15) is 4.79 Å². The van der Waals surface area contributed by atoms with Crippen LogP contribution in [0.5, 0.6) is 5.75 Å². The molecule has 2 aromatic rings. The summed E-state index contributed by atoms with van der Waals surface area (Å²) in [5.41, 5.74) is 2.95. The molecule has 0 radical (unpaired) electrons. The molecule has 2 aromatic carbocycles. The Morgan fingerprint density at radius 1 is 1.21 bits per heavy atom. The van der Waals surface area contributed by atoms with Gasteiger partial charge in [0.25, 0.3) is 5.91 Å². The van der Waals surface area contributed by atoms with Crippen molar-refractivity contribution in [1.82, 2.24) is 5.32 Å². The molecule has 0 bridgehead atoms. The Kier molecular flexibility index (Phi) is 5.25. The van der Waals surface area contributed by atoms with Crippen LogP contribution in [0.1, 0.15) is 11.1 Å². The van der Waals surface area contributed by atoms with Gasteiger partial charge < -0.3 is 10.1 Å². The van der Waals surface area contributed by atoms with E-state index in [0.29, 0.717) is 10.1 Å². The number of hydrogen-bond acceptors (Lipinski definition) is 4. The van der Waals surface area contributed by atoms with Crippen LogP contribution in [0.3, 0.4) is 0 Å². The number of benzene rings is 2. The summed E-state index contributed by atoms with van der Waals surface area (Å²) in [4.78, 5) is 17.2. The smallest absolute Gasteiger partial charge is 0.264 e. The number of aryl methyl sites for hydroxylation is 1. The van der Waals surface area contributed by atoms with Gasteiger partial charge >= 0.3 is 0 Å². The van der Waals surface area contributed by atoms with Crippen molar-refractivity contribution in [3.05, 3.63) is 62.1 Å². The molecule has 6 heteroatoms. The molecule has 1 N–H and O–H groups in total. The van der Waals surface area contributed by atoms with Crippen LogP contribution >= 0.6 is 34.4 Å². The van der Waals surface area contributed by atoms with Gasteiger partial charge in [0.1, 0.15) is 5.75 Å². The number of amides is 1. The van der Waals surface area contributed by atoms with Gasteiger partial charge in [-0.1, -0.05) is 23.8 Å². The second-order valence-electron chi connectivity index (χ2n) is 5.21. The normalized spacial score (nSPS) is 17.4. The number of rotatable bonds is 3. The number of carbonyl (C=O) groups is 1. The molecule has 1 saturated heterocycles. The van der Waals surface area contributed by atoms with E-state index in [-0.39, 0.29) is 5.91 Å². The first kappa shape index (κ1) is 17.0. The molecule has 4 nitrogen and oxygen atoms in total. The van der Waals surface area contributed by atoms with Crippen LogP contribution in [0.15, 0.2) is 52.4 Å². The van der Waals surface area contributed by atoms with E-state index in [1.54, 1.807) is 7.11 Å². The minimum Gasteiger partial charge on any atom is -0.496 e. The molecule has 1 fully saturated rings. The maximum atomic E-state index is 12.1. The van der Waals surface area contributed by atoms with Crippen molar-refractivity contribution in [2.24, 2.45) is 4.99 Å². The van der Waals surface area contributed by atoms with E-state index in [2.05, 4.69) is 32.9 Å². The Morgan fingerprint density at radius 3 is 2.62 bits per heavy atom. The molecule has 24 heavy (non-hydrogen) atoms. The highest BCUT2D eigenvalue weighted by molar-refractivity contribution is 14.1. The topological polar surface area (TPSA) is 50.7 Å². The molecule has 0 unspecified atom stereocenters. The fraction of sp³-hybridized carbons (Fsp3) is 0.111. The first-order valence-corrected chi connectivity index (χ1v) is 9.14. The summed E-state index contributed by atoms with van der Waals surface area (Å²) in [6.45, 7) is 2.03. The van der Waals surface area contributed by atoms with Gasteiger partial charge in [0.15, 0.2) is 5.17 Å². The second kappa shape index (κ2) is 7.40. The number of nitrogens with zero attached hydrogens (tertiary/aromatic N) is 1. The van der Waals surface area contributed by atoms with Crippen LogP contribution in [0.4, 0.5) is 5.69 Å². The van der Waals surface area contributed by atoms with Gasteiger partial charge in [0, 0.05) is 0 Å². The second-order valence-corrected chi connectivity index (χ2v) is 7.40. The van der Waals surface area contributed by atoms with Gasteiger partial charge in [-0.15, -0.1) is 0 Å². The van der Waals surface area contributed by atoms with Crippen LogP contribution in [0, 0.1) is 10.5 Å². The number of hydrogen-bond donors (Lipinski definition) is 1. The predicted molar refractivity (Wildman–Crippen MR) is 108 cm³/mol. The van der Waals surface area contributed by atoms with Crippen molar-refractivity contribution < 1.29 is 9.53 Å². The van der Waals surface area contributed by atoms with E-state index < -0.39 is 0 Å². The zero-order valence-electron chi connectivity index (χ0n) is 13.2. The number of amidine groups is 1. The Morgan fingerprint density at radius 2 is 1.96 bits per heavy atom. The molecule has 122 valence electrons. The zero-order valence-corrected chi connectivity index (χ0v) is 16.1. The molecule has 0 atom stereocenters. The molecule has 1 aliphatic heterocycles. The Hall–Kier alpha value is -1.80. The maximum absolute atomic E-state index is 12.1. The molecule has 0 spiro atoms. The van der Waals surface area contributed by atoms with E-state index in [0.717, 1.165) is 20.6 Å². The van der Waals surface area contributed by atoms with Gasteiger partial charge in [0.05, 0.1) is 21.3 Å². The highest BCUT2D eigenvalue weighted by atomic mass is 127. The summed E-state index contributed by atoms with van der Waals surface area (Å²) in [5.74, 6) is 0.694. The standard InChI is InChI=1S/C18H15IN2O2S/c1-11-3-6-13(7-4-11)20-18-21-17(22)16(24-18)10-12-5-8-15(23-2)14(19)9-12/h3-10H,1-2H3,(H,20,21,22)/b16-10+. The lowest BCUT2D eigenvalue weighted by molar-refractivity contribution is -0.115. The average Bonchev–Trinajstić information content (AvgIpc) is 2.89. The Labute approximate surface area is 158 Å². The zero-order chi connectivity index (χ0) is 17.1. The molecule has 0 aliphatic carbocycles. The van der Waals surface area contributed by atoms with Crippen LogP contribution in [0.2, 0.25) is 0 Å². The van der Waals surface area contributed by atoms with E-state index in [1.807, 2.05) is 55.5 Å². The number of methoxy groups -OCH3 is 1. The molecule has 0 saturated carbocycles. The Bertz CT molecular complexity index is 845. The minimum absolute atomic E-state index is 0.128. The molecular formula is C18H15IN2O2S. The van der Waals surface area contributed by atoms with Crippen molar-refractivity contribution in [3.63, 3.8) is 0 Å². The third-order valence-corrected chi connectivity index (χ3v) is 5.14. The summed E-state index contributed by atoms with van der Waals surface area (Å²) >= 11 is 3.56. The number of carbonyl (C=O) groups excluding carboxylic acids is 1. The number of thioether (sulfide) groups is 1. The summed E-state index contributed by atoms with van der Waals surface area (Å²) in [7, 11) is 1.64. The fourth-order valence-electron chi connectivity index (χ4n) is 2.14. The summed E-state index contributed by atoms with van der Waals surface area (Å²) in [6.07, 6.45) is 1.86. The van der Waals surface area contributed by atoms with Gasteiger partial charge in [-0.25, -0.2) is 4.99 Å². The first-order chi connectivity index (χ1) is 11.5. The van der Waals surface area contributed by atoms with Crippen molar-refractivity contribution in [3.8, 4) is 5.75 Å². The van der Waals surface area contributed by atoms with E-state index in [1.165, 1.54) is 17.3 Å². The number of aliphatic imine (C=N–C) groups is 1. The lowest BCUT2D eigenvalue weighted by Gasteiger charge is -2.03. The van der Waals surface area contributed by atoms with Crippen LogP contribution < -0.4 is 10.1 Å². The van der Waals surface area contributed by atoms with Crippen molar-refractivity contribution in [2.45, 2.75) is 6.92 Å². The maximum Gasteiger partial charge on any atom is 0.264 e. The monoisotopic (exact) mass is 450 g/mol. The number of ether oxygens (including phenoxy) is 1. The third kappa shape index (κ3) is 3.99. The summed E-state index contributed by atoms with van der Waals surface area (Å²) in [6, 6.07) is 13.7. The lowest BCUT2D eigenvalue weighted by atomic mass is 10.2. The highest BCUT2D eigenvalue weighted by Gasteiger charge is 2.23. The summed E-state index contributed by atoms with van der Waals surface area (Å²) < 4.78 is 6.25. The van der Waals surface area contributed by atoms with Gasteiger partial charge in [0.2, 0.25) is 0 Å². The molecule has 1 aliphatic rings. The first-order valence-electron chi connectivity index (χ1n) is 7.25. The number of halogens is 1. The minimum atomic E-state index is -0.128. The molecular weight excluding hydrogens is 435 g/mol. The summed E-state index contributed by atoms with van der Waals surface area (Å²) in [5, 5.41) is 3.40. The predicted octanol–water partition coefficient (Wildman–Crippen LogP) is 4.50. The molecule has 0 aromatic heterocycles. The van der Waals surface area contributed by atoms with E-state index >= 15 is 0 Å².